The van der Waals surface area contributed by atoms with Gasteiger partial charge in [0.15, 0.2) is 0 Å². The van der Waals surface area contributed by atoms with Crippen LogP contribution in [0.1, 0.15) is 18.4 Å². The average Bonchev–Trinajstić information content (AvgIpc) is 2.91. The molecule has 6 heteroatoms. The monoisotopic (exact) mass is 299 g/mol. The number of rotatable bonds is 3. The van der Waals surface area contributed by atoms with Crippen LogP contribution in [0.5, 0.6) is 0 Å². The molecule has 1 saturated heterocycles. The fraction of sp³-hybridized carbons (Fsp3) is 0.429. The number of carbonyl (C=O) groups excluding carboxylic acids is 2. The van der Waals surface area contributed by atoms with Gasteiger partial charge in [0.25, 0.3) is 0 Å². The first-order chi connectivity index (χ1) is 9.54. The lowest BCUT2D eigenvalue weighted by atomic mass is 10.1. The number of halogens is 2. The third-order valence-corrected chi connectivity index (χ3v) is 3.79. The summed E-state index contributed by atoms with van der Waals surface area (Å²) in [6.45, 7) is 0.477. The van der Waals surface area contributed by atoms with Crippen molar-refractivity contribution in [2.75, 3.05) is 13.7 Å². The van der Waals surface area contributed by atoms with Crippen LogP contribution in [-0.2, 0) is 20.7 Å². The van der Waals surface area contributed by atoms with Gasteiger partial charge in [-0.25, -0.2) is 9.18 Å². The fourth-order valence-electron chi connectivity index (χ4n) is 2.40. The van der Waals surface area contributed by atoms with E-state index in [1.165, 1.54) is 30.2 Å². The predicted octanol–water partition coefficient (Wildman–Crippen LogP) is 2.19. The van der Waals surface area contributed by atoms with E-state index >= 15 is 0 Å². The normalized spacial score (nSPS) is 18.1. The zero-order valence-electron chi connectivity index (χ0n) is 11.1. The largest absolute Gasteiger partial charge is 0.467 e. The van der Waals surface area contributed by atoms with Gasteiger partial charge >= 0.3 is 5.97 Å². The summed E-state index contributed by atoms with van der Waals surface area (Å²) in [7, 11) is 1.29. The zero-order chi connectivity index (χ0) is 14.7. The molecule has 1 atom stereocenters. The molecule has 1 heterocycles. The lowest BCUT2D eigenvalue weighted by molar-refractivity contribution is -0.150. The Morgan fingerprint density at radius 2 is 2.25 bits per heavy atom. The van der Waals surface area contributed by atoms with E-state index in [0.29, 0.717) is 13.0 Å². The van der Waals surface area contributed by atoms with Crippen LogP contribution in [-0.4, -0.2) is 36.5 Å². The van der Waals surface area contributed by atoms with Crippen LogP contribution in [0.3, 0.4) is 0 Å². The summed E-state index contributed by atoms with van der Waals surface area (Å²) in [4.78, 5) is 25.3. The summed E-state index contributed by atoms with van der Waals surface area (Å²) in [6, 6.07) is 3.71. The first-order valence-electron chi connectivity index (χ1n) is 6.34. The van der Waals surface area contributed by atoms with Crippen LogP contribution >= 0.6 is 11.6 Å². The zero-order valence-corrected chi connectivity index (χ0v) is 11.8. The van der Waals surface area contributed by atoms with Crippen LogP contribution in [0.25, 0.3) is 0 Å². The number of hydrogen-bond donors (Lipinski definition) is 0. The Bertz CT molecular complexity index is 515. The maximum atomic E-state index is 13.7. The van der Waals surface area contributed by atoms with E-state index in [1.807, 2.05) is 0 Å². The van der Waals surface area contributed by atoms with Crippen molar-refractivity contribution in [1.82, 2.24) is 4.90 Å². The molecule has 1 unspecified atom stereocenters. The van der Waals surface area contributed by atoms with Gasteiger partial charge in [-0.15, -0.1) is 0 Å². The lowest BCUT2D eigenvalue weighted by Gasteiger charge is -2.23. The molecule has 0 radical (unpaired) electrons. The van der Waals surface area contributed by atoms with E-state index < -0.39 is 17.8 Å². The second-order valence-electron chi connectivity index (χ2n) is 4.65. The summed E-state index contributed by atoms with van der Waals surface area (Å²) in [5, 5.41) is 0.215. The first-order valence-corrected chi connectivity index (χ1v) is 6.72. The number of nitrogens with zero attached hydrogens (tertiary/aromatic N) is 1. The van der Waals surface area contributed by atoms with Crippen molar-refractivity contribution in [3.63, 3.8) is 0 Å². The molecule has 0 bridgehead atoms. The lowest BCUT2D eigenvalue weighted by Crippen LogP contribution is -2.41. The highest BCUT2D eigenvalue weighted by Crippen LogP contribution is 2.23. The molecule has 20 heavy (non-hydrogen) atoms. The maximum absolute atomic E-state index is 13.7. The number of methoxy groups -OCH3 is 1. The fourth-order valence-corrected chi connectivity index (χ4v) is 2.63. The summed E-state index contributed by atoms with van der Waals surface area (Å²) in [5.74, 6) is -1.26. The Morgan fingerprint density at radius 3 is 2.90 bits per heavy atom. The van der Waals surface area contributed by atoms with E-state index in [4.69, 9.17) is 11.6 Å². The highest BCUT2D eigenvalue weighted by Gasteiger charge is 2.35. The molecule has 0 aliphatic carbocycles. The van der Waals surface area contributed by atoms with Gasteiger partial charge in [0, 0.05) is 17.1 Å². The number of esters is 1. The van der Waals surface area contributed by atoms with Gasteiger partial charge < -0.3 is 9.64 Å². The number of likely N-dealkylation sites (tertiary alicyclic amines) is 1. The van der Waals surface area contributed by atoms with Crippen molar-refractivity contribution in [1.29, 1.82) is 0 Å². The van der Waals surface area contributed by atoms with E-state index in [2.05, 4.69) is 4.74 Å². The van der Waals surface area contributed by atoms with E-state index in [1.54, 1.807) is 0 Å². The highest BCUT2D eigenvalue weighted by molar-refractivity contribution is 6.31. The highest BCUT2D eigenvalue weighted by atomic mass is 35.5. The summed E-state index contributed by atoms with van der Waals surface area (Å²) in [5.41, 5.74) is 0.162. The molecule has 2 rings (SSSR count). The Labute approximate surface area is 121 Å². The van der Waals surface area contributed by atoms with Crippen molar-refractivity contribution in [2.24, 2.45) is 0 Å². The second-order valence-corrected chi connectivity index (χ2v) is 5.05. The topological polar surface area (TPSA) is 46.6 Å². The molecule has 1 aromatic rings. The van der Waals surface area contributed by atoms with Crippen LogP contribution < -0.4 is 0 Å². The van der Waals surface area contributed by atoms with E-state index in [0.717, 1.165) is 6.42 Å². The van der Waals surface area contributed by atoms with Gasteiger partial charge in [0.1, 0.15) is 11.9 Å². The summed E-state index contributed by atoms with van der Waals surface area (Å²) < 4.78 is 18.4. The van der Waals surface area contributed by atoms with Gasteiger partial charge in [0.05, 0.1) is 13.5 Å². The minimum atomic E-state index is -0.571. The Balaban J connectivity index is 2.14. The molecule has 0 saturated carbocycles. The summed E-state index contributed by atoms with van der Waals surface area (Å²) in [6.07, 6.45) is 1.15. The number of benzene rings is 1. The third kappa shape index (κ3) is 2.93. The molecule has 4 nitrogen and oxygen atoms in total. The maximum Gasteiger partial charge on any atom is 0.328 e. The molecule has 1 aliphatic rings. The number of carbonyl (C=O) groups is 2. The molecule has 1 aliphatic heterocycles. The van der Waals surface area contributed by atoms with Crippen molar-refractivity contribution in [2.45, 2.75) is 25.3 Å². The second kappa shape index (κ2) is 6.22. The predicted molar refractivity (Wildman–Crippen MR) is 71.9 cm³/mol. The molecule has 1 aromatic carbocycles. The molecule has 1 amide bonds. The third-order valence-electron chi connectivity index (χ3n) is 3.44. The van der Waals surface area contributed by atoms with E-state index in [-0.39, 0.29) is 22.9 Å². The van der Waals surface area contributed by atoms with Gasteiger partial charge in [-0.05, 0) is 25.0 Å². The molecular formula is C14H15ClFNO3. The standard InChI is InChI=1S/C14H15ClFNO3/c1-20-14(19)12-6-3-7-17(12)13(18)8-9-10(15)4-2-5-11(9)16/h2,4-5,12H,3,6-8H2,1H3. The Hall–Kier alpha value is -1.62. The number of ether oxygens (including phenoxy) is 1. The molecule has 0 spiro atoms. The summed E-state index contributed by atoms with van der Waals surface area (Å²) >= 11 is 5.90. The molecule has 1 fully saturated rings. The van der Waals surface area contributed by atoms with Gasteiger partial charge in [-0.1, -0.05) is 17.7 Å². The molecular weight excluding hydrogens is 285 g/mol. The first kappa shape index (κ1) is 14.8. The molecule has 0 N–H and O–H groups in total. The average molecular weight is 300 g/mol. The SMILES string of the molecule is COC(=O)C1CCCN1C(=O)Cc1c(F)cccc1Cl. The van der Waals surface area contributed by atoms with Crippen molar-refractivity contribution < 1.29 is 18.7 Å². The van der Waals surface area contributed by atoms with Gasteiger partial charge in [-0.2, -0.15) is 0 Å². The van der Waals surface area contributed by atoms with E-state index in [9.17, 15) is 14.0 Å². The van der Waals surface area contributed by atoms with Crippen molar-refractivity contribution in [3.8, 4) is 0 Å². The Kier molecular flexibility index (Phi) is 4.60. The smallest absolute Gasteiger partial charge is 0.328 e. The Morgan fingerprint density at radius 1 is 1.50 bits per heavy atom. The van der Waals surface area contributed by atoms with Gasteiger partial charge in [0.2, 0.25) is 5.91 Å². The van der Waals surface area contributed by atoms with Crippen molar-refractivity contribution in [3.05, 3.63) is 34.6 Å². The quantitative estimate of drug-likeness (QED) is 0.804. The van der Waals surface area contributed by atoms with Crippen molar-refractivity contribution >= 4 is 23.5 Å². The van der Waals surface area contributed by atoms with Crippen LogP contribution in [0.15, 0.2) is 18.2 Å². The number of hydrogen-bond acceptors (Lipinski definition) is 3. The van der Waals surface area contributed by atoms with Crippen LogP contribution in [0.2, 0.25) is 5.02 Å². The molecule has 0 aromatic heterocycles. The van der Waals surface area contributed by atoms with Gasteiger partial charge in [-0.3, -0.25) is 4.79 Å². The minimum absolute atomic E-state index is 0.154. The van der Waals surface area contributed by atoms with Crippen LogP contribution in [0.4, 0.5) is 4.39 Å². The number of amides is 1. The molecule has 108 valence electrons. The minimum Gasteiger partial charge on any atom is -0.467 e. The van der Waals surface area contributed by atoms with Crippen LogP contribution in [0, 0.1) is 5.82 Å².